The highest BCUT2D eigenvalue weighted by Gasteiger charge is 2.38. The molecule has 24 heavy (non-hydrogen) atoms. The summed E-state index contributed by atoms with van der Waals surface area (Å²) in [6, 6.07) is 0. The molecule has 1 aliphatic heterocycles. The van der Waals surface area contributed by atoms with Gasteiger partial charge in [-0.3, -0.25) is 9.89 Å². The number of aliphatic imine (C=N–C) groups is 1. The molecule has 2 aliphatic rings. The zero-order valence-corrected chi connectivity index (χ0v) is 14.7. The van der Waals surface area contributed by atoms with Gasteiger partial charge >= 0.3 is 6.18 Å². The van der Waals surface area contributed by atoms with Crippen LogP contribution >= 0.6 is 0 Å². The Balaban J connectivity index is 1.88. The van der Waals surface area contributed by atoms with Gasteiger partial charge < -0.3 is 10.6 Å². The van der Waals surface area contributed by atoms with Crippen LogP contribution in [0.15, 0.2) is 4.99 Å². The Morgan fingerprint density at radius 3 is 2.21 bits per heavy atom. The van der Waals surface area contributed by atoms with Crippen LogP contribution < -0.4 is 10.6 Å². The average Bonchev–Trinajstić information content (AvgIpc) is 2.58. The monoisotopic (exact) mass is 348 g/mol. The van der Waals surface area contributed by atoms with Gasteiger partial charge in [-0.25, -0.2) is 0 Å². The van der Waals surface area contributed by atoms with Crippen molar-refractivity contribution in [1.82, 2.24) is 15.5 Å². The van der Waals surface area contributed by atoms with Gasteiger partial charge in [-0.2, -0.15) is 13.2 Å². The number of hydrogen-bond donors (Lipinski definition) is 2. The van der Waals surface area contributed by atoms with E-state index in [1.807, 2.05) is 0 Å². The smallest absolute Gasteiger partial charge is 0.356 e. The first-order valence-electron chi connectivity index (χ1n) is 9.22. The normalized spacial score (nSPS) is 23.1. The Morgan fingerprint density at radius 1 is 1.00 bits per heavy atom. The highest BCUT2D eigenvalue weighted by Crippen LogP contribution is 2.35. The quantitative estimate of drug-likeness (QED) is 0.592. The Hall–Kier alpha value is -0.980. The number of rotatable bonds is 5. The lowest BCUT2D eigenvalue weighted by Crippen LogP contribution is -2.59. The minimum Gasteiger partial charge on any atom is -0.356 e. The maximum atomic E-state index is 12.3. The molecule has 1 saturated heterocycles. The van der Waals surface area contributed by atoms with Crippen molar-refractivity contribution >= 4 is 5.96 Å². The number of guanidine groups is 1. The fourth-order valence-electron chi connectivity index (χ4n) is 3.97. The maximum Gasteiger partial charge on any atom is 0.390 e. The number of likely N-dealkylation sites (tertiary alicyclic amines) is 1. The summed E-state index contributed by atoms with van der Waals surface area (Å²) >= 11 is 0. The highest BCUT2D eigenvalue weighted by atomic mass is 19.4. The molecular weight excluding hydrogens is 317 g/mol. The molecule has 0 amide bonds. The second kappa shape index (κ2) is 8.92. The molecule has 2 N–H and O–H groups in total. The van der Waals surface area contributed by atoms with Gasteiger partial charge in [0.05, 0.1) is 6.42 Å². The fraction of sp³-hybridized carbons (Fsp3) is 0.941. The van der Waals surface area contributed by atoms with Crippen molar-refractivity contribution in [2.45, 2.75) is 69.5 Å². The summed E-state index contributed by atoms with van der Waals surface area (Å²) in [6.07, 6.45) is 4.92. The molecule has 0 aromatic heterocycles. The number of nitrogens with one attached hydrogen (secondary N) is 2. The van der Waals surface area contributed by atoms with Gasteiger partial charge in [-0.05, 0) is 38.8 Å². The van der Waals surface area contributed by atoms with Gasteiger partial charge in [-0.15, -0.1) is 0 Å². The minimum atomic E-state index is -4.13. The molecule has 140 valence electrons. The molecule has 4 nitrogen and oxygen atoms in total. The molecular formula is C17H31F3N4. The second-order valence-electron chi connectivity index (χ2n) is 7.05. The van der Waals surface area contributed by atoms with Crippen molar-refractivity contribution in [3.63, 3.8) is 0 Å². The molecule has 0 atom stereocenters. The van der Waals surface area contributed by atoms with E-state index in [9.17, 15) is 13.2 Å². The van der Waals surface area contributed by atoms with E-state index in [2.05, 4.69) is 20.5 Å². The first kappa shape index (κ1) is 19.3. The maximum absolute atomic E-state index is 12.3. The van der Waals surface area contributed by atoms with E-state index >= 15 is 0 Å². The molecule has 0 unspecified atom stereocenters. The summed E-state index contributed by atoms with van der Waals surface area (Å²) in [6.45, 7) is 2.90. The largest absolute Gasteiger partial charge is 0.390 e. The van der Waals surface area contributed by atoms with Crippen molar-refractivity contribution in [3.8, 4) is 0 Å². The van der Waals surface area contributed by atoms with Gasteiger partial charge in [0.25, 0.3) is 0 Å². The van der Waals surface area contributed by atoms with Crippen LogP contribution in [0, 0.1) is 0 Å². The summed E-state index contributed by atoms with van der Waals surface area (Å²) in [5, 5.41) is 6.08. The van der Waals surface area contributed by atoms with E-state index in [1.54, 1.807) is 7.05 Å². The number of halogens is 3. The molecule has 0 bridgehead atoms. The molecule has 0 aromatic rings. The van der Waals surface area contributed by atoms with Crippen LogP contribution in [0.25, 0.3) is 0 Å². The topological polar surface area (TPSA) is 39.7 Å². The molecule has 0 spiro atoms. The third kappa shape index (κ3) is 5.83. The Morgan fingerprint density at radius 2 is 1.62 bits per heavy atom. The van der Waals surface area contributed by atoms with Gasteiger partial charge in [-0.1, -0.05) is 25.7 Å². The highest BCUT2D eigenvalue weighted by molar-refractivity contribution is 5.79. The van der Waals surface area contributed by atoms with Crippen LogP contribution in [-0.2, 0) is 0 Å². The number of alkyl halides is 3. The molecule has 2 rings (SSSR count). The van der Waals surface area contributed by atoms with E-state index in [-0.39, 0.29) is 12.1 Å². The van der Waals surface area contributed by atoms with Crippen molar-refractivity contribution in [1.29, 1.82) is 0 Å². The van der Waals surface area contributed by atoms with Gasteiger partial charge in [0.1, 0.15) is 0 Å². The second-order valence-corrected chi connectivity index (χ2v) is 7.05. The molecule has 1 aliphatic carbocycles. The van der Waals surface area contributed by atoms with Crippen LogP contribution in [0.2, 0.25) is 0 Å². The summed E-state index contributed by atoms with van der Waals surface area (Å²) in [5.74, 6) is 0.473. The first-order chi connectivity index (χ1) is 11.5. The number of nitrogens with zero attached hydrogens (tertiary/aromatic N) is 2. The van der Waals surface area contributed by atoms with E-state index in [0.29, 0.717) is 5.96 Å². The fourth-order valence-corrected chi connectivity index (χ4v) is 3.97. The van der Waals surface area contributed by atoms with Crippen molar-refractivity contribution in [3.05, 3.63) is 0 Å². The first-order valence-corrected chi connectivity index (χ1v) is 9.22. The lowest BCUT2D eigenvalue weighted by molar-refractivity contribution is -0.132. The average molecular weight is 348 g/mol. The van der Waals surface area contributed by atoms with E-state index < -0.39 is 12.6 Å². The standard InChI is InChI=1S/C17H31F3N4/c1-21-15(22-11-10-17(18,19)20)23-14-16(8-4-2-5-9-16)24-12-6-3-7-13-24/h2-14H2,1H3,(H2,21,22,23). The van der Waals surface area contributed by atoms with Gasteiger partial charge in [0.2, 0.25) is 0 Å². The zero-order valence-electron chi connectivity index (χ0n) is 14.7. The molecule has 2 fully saturated rings. The Kier molecular flexibility index (Phi) is 7.19. The predicted octanol–water partition coefficient (Wildman–Crippen LogP) is 3.29. The lowest BCUT2D eigenvalue weighted by atomic mass is 9.79. The molecule has 7 heteroatoms. The van der Waals surface area contributed by atoms with Crippen molar-refractivity contribution in [2.24, 2.45) is 4.99 Å². The van der Waals surface area contributed by atoms with E-state index in [0.717, 1.165) is 19.6 Å². The van der Waals surface area contributed by atoms with Crippen LogP contribution in [0.5, 0.6) is 0 Å². The van der Waals surface area contributed by atoms with Gasteiger partial charge in [0, 0.05) is 25.7 Å². The minimum absolute atomic E-state index is 0.139. The van der Waals surface area contributed by atoms with Crippen LogP contribution in [-0.4, -0.2) is 55.8 Å². The molecule has 1 saturated carbocycles. The molecule has 1 heterocycles. The van der Waals surface area contributed by atoms with E-state index in [1.165, 1.54) is 51.4 Å². The summed E-state index contributed by atoms with van der Waals surface area (Å²) in [5.41, 5.74) is 0.139. The number of hydrogen-bond acceptors (Lipinski definition) is 2. The summed E-state index contributed by atoms with van der Waals surface area (Å²) < 4.78 is 36.9. The molecule has 0 radical (unpaired) electrons. The Bertz CT molecular complexity index is 397. The van der Waals surface area contributed by atoms with E-state index in [4.69, 9.17) is 0 Å². The van der Waals surface area contributed by atoms with Crippen LogP contribution in [0.1, 0.15) is 57.8 Å². The zero-order chi connectivity index (χ0) is 17.5. The SMILES string of the molecule is CN=C(NCCC(F)(F)F)NCC1(N2CCCCC2)CCCCC1. The van der Waals surface area contributed by atoms with Gasteiger partial charge in [0.15, 0.2) is 5.96 Å². The van der Waals surface area contributed by atoms with Crippen LogP contribution in [0.4, 0.5) is 13.2 Å². The summed E-state index contributed by atoms with van der Waals surface area (Å²) in [4.78, 5) is 6.69. The summed E-state index contributed by atoms with van der Waals surface area (Å²) in [7, 11) is 1.61. The van der Waals surface area contributed by atoms with Crippen molar-refractivity contribution in [2.75, 3.05) is 33.2 Å². The molecule has 0 aromatic carbocycles. The third-order valence-corrected chi connectivity index (χ3v) is 5.32. The Labute approximate surface area is 143 Å². The number of piperidine rings is 1. The lowest BCUT2D eigenvalue weighted by Gasteiger charge is -2.48. The van der Waals surface area contributed by atoms with Crippen LogP contribution in [0.3, 0.4) is 0 Å². The third-order valence-electron chi connectivity index (χ3n) is 5.32. The predicted molar refractivity (Wildman–Crippen MR) is 91.3 cm³/mol. The van der Waals surface area contributed by atoms with Crippen molar-refractivity contribution < 1.29 is 13.2 Å².